The minimum Gasteiger partial charge on any atom is -0.465 e. The van der Waals surface area contributed by atoms with Gasteiger partial charge in [0.05, 0.1) is 12.7 Å². The summed E-state index contributed by atoms with van der Waals surface area (Å²) in [6.45, 7) is 2.35. The van der Waals surface area contributed by atoms with E-state index in [1.807, 2.05) is 0 Å². The van der Waals surface area contributed by atoms with Crippen LogP contribution in [0.2, 0.25) is 0 Å². The van der Waals surface area contributed by atoms with E-state index in [9.17, 15) is 4.79 Å². The fourth-order valence-corrected chi connectivity index (χ4v) is 1.44. The molecule has 1 rings (SSSR count). The first kappa shape index (κ1) is 10.5. The molecule has 1 N–H and O–H groups in total. The number of carbonyl (C=O) groups is 1. The number of carbonyl (C=O) groups excluding carboxylic acids is 1. The van der Waals surface area contributed by atoms with Gasteiger partial charge in [-0.15, -0.1) is 0 Å². The second-order valence-corrected chi connectivity index (χ2v) is 3.15. The quantitative estimate of drug-likeness (QED) is 0.515. The molecule has 0 aromatic heterocycles. The molecule has 0 radical (unpaired) electrons. The van der Waals surface area contributed by atoms with Gasteiger partial charge in [0, 0.05) is 0 Å². The number of nitrogens with one attached hydrogen (secondary N) is 1. The highest BCUT2D eigenvalue weighted by Crippen LogP contribution is 2.19. The molecule has 1 fully saturated rings. The van der Waals surface area contributed by atoms with Crippen LogP contribution in [0.15, 0.2) is 0 Å². The number of hydroxylamine groups is 1. The van der Waals surface area contributed by atoms with Crippen LogP contribution in [0, 0.1) is 0 Å². The standard InChI is InChI=1S/C9H17NO3/c1-2-12-9(11)7-10-13-8-5-3-4-6-8/h8,10H,2-7H2,1H3. The maximum absolute atomic E-state index is 10.9. The average molecular weight is 187 g/mol. The van der Waals surface area contributed by atoms with E-state index in [1.165, 1.54) is 12.8 Å². The van der Waals surface area contributed by atoms with Crippen molar-refractivity contribution in [1.82, 2.24) is 5.48 Å². The molecule has 0 heterocycles. The molecule has 0 spiro atoms. The lowest BCUT2D eigenvalue weighted by Crippen LogP contribution is -2.28. The van der Waals surface area contributed by atoms with Crippen molar-refractivity contribution in [2.24, 2.45) is 0 Å². The van der Waals surface area contributed by atoms with E-state index in [2.05, 4.69) is 5.48 Å². The highest BCUT2D eigenvalue weighted by atomic mass is 16.7. The predicted molar refractivity (Wildman–Crippen MR) is 48.0 cm³/mol. The molecule has 0 saturated heterocycles. The van der Waals surface area contributed by atoms with Crippen LogP contribution in [0.1, 0.15) is 32.6 Å². The van der Waals surface area contributed by atoms with Gasteiger partial charge < -0.3 is 4.74 Å². The number of rotatable bonds is 5. The van der Waals surface area contributed by atoms with Crippen LogP contribution >= 0.6 is 0 Å². The van der Waals surface area contributed by atoms with E-state index in [1.54, 1.807) is 6.92 Å². The van der Waals surface area contributed by atoms with Crippen molar-refractivity contribution in [2.75, 3.05) is 13.2 Å². The van der Waals surface area contributed by atoms with E-state index < -0.39 is 0 Å². The minimum absolute atomic E-state index is 0.143. The summed E-state index contributed by atoms with van der Waals surface area (Å²) in [5.41, 5.74) is 2.64. The number of ether oxygens (including phenoxy) is 1. The van der Waals surface area contributed by atoms with Crippen LogP contribution in [-0.4, -0.2) is 25.2 Å². The molecule has 4 nitrogen and oxygen atoms in total. The third-order valence-electron chi connectivity index (χ3n) is 2.07. The fraction of sp³-hybridized carbons (Fsp3) is 0.889. The zero-order valence-electron chi connectivity index (χ0n) is 8.04. The third kappa shape index (κ3) is 4.24. The van der Waals surface area contributed by atoms with Crippen LogP contribution in [-0.2, 0) is 14.4 Å². The van der Waals surface area contributed by atoms with Crippen molar-refractivity contribution in [2.45, 2.75) is 38.7 Å². The molecular weight excluding hydrogens is 170 g/mol. The summed E-state index contributed by atoms with van der Waals surface area (Å²) in [7, 11) is 0. The van der Waals surface area contributed by atoms with Crippen molar-refractivity contribution in [3.63, 3.8) is 0 Å². The minimum atomic E-state index is -0.263. The highest BCUT2D eigenvalue weighted by Gasteiger charge is 2.15. The van der Waals surface area contributed by atoms with E-state index in [-0.39, 0.29) is 18.6 Å². The first-order chi connectivity index (χ1) is 6.33. The number of hydrogen-bond donors (Lipinski definition) is 1. The summed E-state index contributed by atoms with van der Waals surface area (Å²) in [5, 5.41) is 0. The molecule has 0 amide bonds. The topological polar surface area (TPSA) is 47.6 Å². The normalized spacial score (nSPS) is 17.6. The van der Waals surface area contributed by atoms with Crippen molar-refractivity contribution < 1.29 is 14.4 Å². The molecule has 0 aromatic carbocycles. The largest absolute Gasteiger partial charge is 0.465 e. The molecule has 1 saturated carbocycles. The summed E-state index contributed by atoms with van der Waals surface area (Å²) in [6, 6.07) is 0. The molecule has 0 aromatic rings. The Kier molecular flexibility index (Phi) is 4.78. The molecule has 1 aliphatic rings. The van der Waals surface area contributed by atoms with Crippen LogP contribution in [0.3, 0.4) is 0 Å². The smallest absolute Gasteiger partial charge is 0.322 e. The maximum atomic E-state index is 10.9. The van der Waals surface area contributed by atoms with Gasteiger partial charge in [0.1, 0.15) is 6.54 Å². The summed E-state index contributed by atoms with van der Waals surface area (Å²) in [5.74, 6) is -0.263. The molecule has 13 heavy (non-hydrogen) atoms. The van der Waals surface area contributed by atoms with Gasteiger partial charge in [-0.3, -0.25) is 9.63 Å². The lowest BCUT2D eigenvalue weighted by atomic mass is 10.3. The van der Waals surface area contributed by atoms with Gasteiger partial charge in [-0.2, -0.15) is 5.48 Å². The van der Waals surface area contributed by atoms with Crippen LogP contribution in [0.25, 0.3) is 0 Å². The maximum Gasteiger partial charge on any atom is 0.322 e. The molecule has 0 bridgehead atoms. The van der Waals surface area contributed by atoms with Crippen LogP contribution in [0.5, 0.6) is 0 Å². The zero-order valence-corrected chi connectivity index (χ0v) is 8.04. The van der Waals surface area contributed by atoms with Gasteiger partial charge in [-0.25, -0.2) is 0 Å². The second kappa shape index (κ2) is 5.94. The molecule has 4 heteroatoms. The highest BCUT2D eigenvalue weighted by molar-refractivity contribution is 5.71. The summed E-state index contributed by atoms with van der Waals surface area (Å²) >= 11 is 0. The first-order valence-corrected chi connectivity index (χ1v) is 4.87. The van der Waals surface area contributed by atoms with Crippen LogP contribution < -0.4 is 5.48 Å². The first-order valence-electron chi connectivity index (χ1n) is 4.87. The third-order valence-corrected chi connectivity index (χ3v) is 2.07. The van der Waals surface area contributed by atoms with Gasteiger partial charge in [-0.1, -0.05) is 12.8 Å². The summed E-state index contributed by atoms with van der Waals surface area (Å²) < 4.78 is 4.73. The van der Waals surface area contributed by atoms with E-state index >= 15 is 0 Å². The monoisotopic (exact) mass is 187 g/mol. The molecule has 0 atom stereocenters. The van der Waals surface area contributed by atoms with Gasteiger partial charge in [-0.05, 0) is 19.8 Å². The molecule has 0 unspecified atom stereocenters. The summed E-state index contributed by atoms with van der Waals surface area (Å²) in [6.07, 6.45) is 4.93. The SMILES string of the molecule is CCOC(=O)CNOC1CCCC1. The van der Waals surface area contributed by atoms with Gasteiger partial charge in [0.15, 0.2) is 0 Å². The Hall–Kier alpha value is -0.610. The number of esters is 1. The Morgan fingerprint density at radius 3 is 2.77 bits per heavy atom. The van der Waals surface area contributed by atoms with E-state index in [0.717, 1.165) is 12.8 Å². The van der Waals surface area contributed by atoms with Crippen molar-refractivity contribution in [1.29, 1.82) is 0 Å². The number of hydrogen-bond acceptors (Lipinski definition) is 4. The van der Waals surface area contributed by atoms with Crippen molar-refractivity contribution in [3.8, 4) is 0 Å². The molecule has 0 aliphatic heterocycles. The Bertz CT molecular complexity index is 155. The lowest BCUT2D eigenvalue weighted by Gasteiger charge is -2.10. The lowest BCUT2D eigenvalue weighted by molar-refractivity contribution is -0.146. The van der Waals surface area contributed by atoms with Gasteiger partial charge in [0.2, 0.25) is 0 Å². The van der Waals surface area contributed by atoms with Gasteiger partial charge >= 0.3 is 5.97 Å². The van der Waals surface area contributed by atoms with E-state index in [0.29, 0.717) is 6.61 Å². The average Bonchev–Trinajstić information content (AvgIpc) is 2.57. The summed E-state index contributed by atoms with van der Waals surface area (Å²) in [4.78, 5) is 16.1. The second-order valence-electron chi connectivity index (χ2n) is 3.15. The molecule has 1 aliphatic carbocycles. The van der Waals surface area contributed by atoms with Crippen molar-refractivity contribution in [3.05, 3.63) is 0 Å². The fourth-order valence-electron chi connectivity index (χ4n) is 1.44. The Morgan fingerprint density at radius 2 is 2.15 bits per heavy atom. The zero-order chi connectivity index (χ0) is 9.52. The van der Waals surface area contributed by atoms with Crippen molar-refractivity contribution >= 4 is 5.97 Å². The molecular formula is C9H17NO3. The Labute approximate surface area is 78.5 Å². The van der Waals surface area contributed by atoms with E-state index in [4.69, 9.17) is 9.57 Å². The Morgan fingerprint density at radius 1 is 1.46 bits per heavy atom. The van der Waals surface area contributed by atoms with Gasteiger partial charge in [0.25, 0.3) is 0 Å². The van der Waals surface area contributed by atoms with Crippen LogP contribution in [0.4, 0.5) is 0 Å². The predicted octanol–water partition coefficient (Wildman–Crippen LogP) is 1.01. The molecule has 76 valence electrons. The Balaban J connectivity index is 1.96.